The largest absolute Gasteiger partial charge is 0.326 e. The molecular weight excluding hydrogens is 232 g/mol. The van der Waals surface area contributed by atoms with Gasteiger partial charge in [0.2, 0.25) is 0 Å². The van der Waals surface area contributed by atoms with E-state index in [-0.39, 0.29) is 0 Å². The number of hydrogen-bond acceptors (Lipinski definition) is 2. The topological polar surface area (TPSA) is 29.3 Å². The van der Waals surface area contributed by atoms with Crippen LogP contribution in [0, 0.1) is 0 Å². The standard InChI is InChI=1S/C17H30N2/c1-3-4-5-6-7-8-12-19(2)15-17-11-9-10-16(13-17)14-18/h9-11,13H,3-8,12,14-15,18H2,1-2H3. The third-order valence-corrected chi connectivity index (χ3v) is 3.57. The Labute approximate surface area is 119 Å². The zero-order chi connectivity index (χ0) is 13.9. The van der Waals surface area contributed by atoms with Crippen LogP contribution < -0.4 is 5.73 Å². The van der Waals surface area contributed by atoms with E-state index in [2.05, 4.69) is 43.1 Å². The van der Waals surface area contributed by atoms with Crippen molar-refractivity contribution in [2.75, 3.05) is 13.6 Å². The van der Waals surface area contributed by atoms with Crippen LogP contribution in [-0.2, 0) is 13.1 Å². The molecule has 0 atom stereocenters. The fourth-order valence-electron chi connectivity index (χ4n) is 2.41. The van der Waals surface area contributed by atoms with Gasteiger partial charge in [-0.3, -0.25) is 0 Å². The average Bonchev–Trinajstić information content (AvgIpc) is 2.43. The molecule has 0 amide bonds. The van der Waals surface area contributed by atoms with E-state index in [1.807, 2.05) is 0 Å². The van der Waals surface area contributed by atoms with E-state index in [1.54, 1.807) is 0 Å². The second-order valence-corrected chi connectivity index (χ2v) is 5.53. The van der Waals surface area contributed by atoms with Gasteiger partial charge in [-0.25, -0.2) is 0 Å². The highest BCUT2D eigenvalue weighted by atomic mass is 15.1. The number of benzene rings is 1. The van der Waals surface area contributed by atoms with Crippen LogP contribution in [-0.4, -0.2) is 18.5 Å². The van der Waals surface area contributed by atoms with Gasteiger partial charge in [0.25, 0.3) is 0 Å². The van der Waals surface area contributed by atoms with Crippen LogP contribution in [0.5, 0.6) is 0 Å². The van der Waals surface area contributed by atoms with Gasteiger partial charge in [0.15, 0.2) is 0 Å². The van der Waals surface area contributed by atoms with Crippen LogP contribution >= 0.6 is 0 Å². The molecule has 0 aromatic heterocycles. The van der Waals surface area contributed by atoms with Gasteiger partial charge in [0.1, 0.15) is 0 Å². The highest BCUT2D eigenvalue weighted by molar-refractivity contribution is 5.23. The molecule has 0 saturated carbocycles. The van der Waals surface area contributed by atoms with Gasteiger partial charge >= 0.3 is 0 Å². The Morgan fingerprint density at radius 3 is 2.42 bits per heavy atom. The summed E-state index contributed by atoms with van der Waals surface area (Å²) in [5, 5.41) is 0. The van der Waals surface area contributed by atoms with Crippen molar-refractivity contribution in [1.82, 2.24) is 4.90 Å². The molecule has 1 rings (SSSR count). The van der Waals surface area contributed by atoms with Crippen LogP contribution in [0.1, 0.15) is 56.6 Å². The minimum absolute atomic E-state index is 0.634. The van der Waals surface area contributed by atoms with Crippen molar-refractivity contribution < 1.29 is 0 Å². The van der Waals surface area contributed by atoms with Gasteiger partial charge in [0.05, 0.1) is 0 Å². The van der Waals surface area contributed by atoms with Crippen LogP contribution in [0.15, 0.2) is 24.3 Å². The molecule has 0 fully saturated rings. The Bertz CT molecular complexity index is 336. The van der Waals surface area contributed by atoms with E-state index in [0.717, 1.165) is 6.54 Å². The van der Waals surface area contributed by atoms with Crippen LogP contribution in [0.25, 0.3) is 0 Å². The lowest BCUT2D eigenvalue weighted by Gasteiger charge is -2.17. The molecule has 0 unspecified atom stereocenters. The van der Waals surface area contributed by atoms with Crippen molar-refractivity contribution in [3.05, 3.63) is 35.4 Å². The highest BCUT2D eigenvalue weighted by Crippen LogP contribution is 2.09. The normalized spacial score (nSPS) is 11.2. The summed E-state index contributed by atoms with van der Waals surface area (Å²) in [7, 11) is 2.21. The molecule has 1 aromatic rings. The van der Waals surface area contributed by atoms with Crippen molar-refractivity contribution in [2.45, 2.75) is 58.5 Å². The van der Waals surface area contributed by atoms with Gasteiger partial charge in [-0.1, -0.05) is 63.3 Å². The lowest BCUT2D eigenvalue weighted by atomic mass is 10.1. The maximum absolute atomic E-state index is 5.67. The van der Waals surface area contributed by atoms with E-state index >= 15 is 0 Å². The Morgan fingerprint density at radius 1 is 1.00 bits per heavy atom. The number of nitrogens with zero attached hydrogens (tertiary/aromatic N) is 1. The van der Waals surface area contributed by atoms with Crippen molar-refractivity contribution in [3.63, 3.8) is 0 Å². The Balaban J connectivity index is 2.17. The molecule has 2 N–H and O–H groups in total. The van der Waals surface area contributed by atoms with E-state index in [0.29, 0.717) is 6.54 Å². The molecule has 108 valence electrons. The SMILES string of the molecule is CCCCCCCCN(C)Cc1cccc(CN)c1. The third kappa shape index (κ3) is 7.34. The molecule has 2 nitrogen and oxygen atoms in total. The second-order valence-electron chi connectivity index (χ2n) is 5.53. The predicted molar refractivity (Wildman–Crippen MR) is 84.0 cm³/mol. The zero-order valence-corrected chi connectivity index (χ0v) is 12.7. The highest BCUT2D eigenvalue weighted by Gasteiger charge is 2.01. The first-order chi connectivity index (χ1) is 9.26. The second kappa shape index (κ2) is 9.99. The van der Waals surface area contributed by atoms with E-state index in [4.69, 9.17) is 5.73 Å². The van der Waals surface area contributed by atoms with E-state index < -0.39 is 0 Å². The number of rotatable bonds is 10. The molecule has 0 radical (unpaired) electrons. The number of nitrogens with two attached hydrogens (primary N) is 1. The molecule has 2 heteroatoms. The van der Waals surface area contributed by atoms with Gasteiger partial charge < -0.3 is 10.6 Å². The van der Waals surface area contributed by atoms with E-state index in [9.17, 15) is 0 Å². The fourth-order valence-corrected chi connectivity index (χ4v) is 2.41. The van der Waals surface area contributed by atoms with Crippen LogP contribution in [0.4, 0.5) is 0 Å². The minimum Gasteiger partial charge on any atom is -0.326 e. The monoisotopic (exact) mass is 262 g/mol. The van der Waals surface area contributed by atoms with Gasteiger partial charge in [0, 0.05) is 13.1 Å². The predicted octanol–water partition coefficient (Wildman–Crippen LogP) is 3.94. The first kappa shape index (κ1) is 16.2. The molecule has 0 aliphatic carbocycles. The molecular formula is C17H30N2. The molecule has 1 aromatic carbocycles. The zero-order valence-electron chi connectivity index (χ0n) is 12.7. The summed E-state index contributed by atoms with van der Waals surface area (Å²) in [5.74, 6) is 0. The summed E-state index contributed by atoms with van der Waals surface area (Å²) in [6, 6.07) is 8.61. The molecule has 0 spiro atoms. The third-order valence-electron chi connectivity index (χ3n) is 3.57. The molecule has 0 heterocycles. The summed E-state index contributed by atoms with van der Waals surface area (Å²) in [6.45, 7) is 5.12. The lowest BCUT2D eigenvalue weighted by Crippen LogP contribution is -2.19. The maximum atomic E-state index is 5.67. The van der Waals surface area contributed by atoms with Crippen molar-refractivity contribution in [3.8, 4) is 0 Å². The van der Waals surface area contributed by atoms with Crippen molar-refractivity contribution in [2.24, 2.45) is 5.73 Å². The summed E-state index contributed by atoms with van der Waals surface area (Å²) < 4.78 is 0. The first-order valence-corrected chi connectivity index (χ1v) is 7.72. The van der Waals surface area contributed by atoms with Crippen molar-refractivity contribution in [1.29, 1.82) is 0 Å². The lowest BCUT2D eigenvalue weighted by molar-refractivity contribution is 0.316. The first-order valence-electron chi connectivity index (χ1n) is 7.72. The van der Waals surface area contributed by atoms with Crippen LogP contribution in [0.2, 0.25) is 0 Å². The van der Waals surface area contributed by atoms with Gasteiger partial charge in [-0.2, -0.15) is 0 Å². The Morgan fingerprint density at radius 2 is 1.68 bits per heavy atom. The molecule has 0 saturated heterocycles. The van der Waals surface area contributed by atoms with Gasteiger partial charge in [-0.15, -0.1) is 0 Å². The van der Waals surface area contributed by atoms with Gasteiger partial charge in [-0.05, 0) is 31.1 Å². The summed E-state index contributed by atoms with van der Waals surface area (Å²) in [4.78, 5) is 2.41. The summed E-state index contributed by atoms with van der Waals surface area (Å²) >= 11 is 0. The van der Waals surface area contributed by atoms with E-state index in [1.165, 1.54) is 56.2 Å². The minimum atomic E-state index is 0.634. The molecule has 0 aliphatic heterocycles. The van der Waals surface area contributed by atoms with Crippen molar-refractivity contribution >= 4 is 0 Å². The summed E-state index contributed by atoms with van der Waals surface area (Å²) in [6.07, 6.45) is 8.20. The average molecular weight is 262 g/mol. The Hall–Kier alpha value is -0.860. The number of unbranched alkanes of at least 4 members (excludes halogenated alkanes) is 5. The van der Waals surface area contributed by atoms with Crippen LogP contribution in [0.3, 0.4) is 0 Å². The fraction of sp³-hybridized carbons (Fsp3) is 0.647. The molecule has 19 heavy (non-hydrogen) atoms. The Kier molecular flexibility index (Phi) is 8.52. The smallest absolute Gasteiger partial charge is 0.0230 e. The quantitative estimate of drug-likeness (QED) is 0.647. The molecule has 0 bridgehead atoms. The number of hydrogen-bond donors (Lipinski definition) is 1. The maximum Gasteiger partial charge on any atom is 0.0230 e. The molecule has 0 aliphatic rings. The summed E-state index contributed by atoms with van der Waals surface area (Å²) in [5.41, 5.74) is 8.27.